The van der Waals surface area contributed by atoms with Gasteiger partial charge in [-0.2, -0.15) is 0 Å². The van der Waals surface area contributed by atoms with Gasteiger partial charge in [0.15, 0.2) is 18.9 Å². The zero-order chi connectivity index (χ0) is 68.6. The standard InChI is InChI=1S/C57H104N8O28/c58-28-44(75)65-57(32-85-25-13-41(72)62-19-7-16-59-38(69)10-1-4-22-88-54-51(82)48(79)45(76)35(29-66)91-54,33-86-26-14-42(73)63-20-8-17-60-39(70)11-2-5-23-89-55-52(83)49(80)46(77)36(30-67)92-55)34-87-27-15-43(74)64-21-9-18-61-40(71)12-3-6-24-90-56-53(84)50(81)47(78)37(31-68)93-56/h35-37,45-56,66-68,76-84H,1-34,58H2,(H,59,69)(H,60,70)(H,61,71)(H,62,72)(H,63,73)(H,64,74)(H,65,75)/t35-,36-,37-,45+,46+,47+,48+,49+,50+,51-,52-,53-,54-,55-,56-/m1/s1. The summed E-state index contributed by atoms with van der Waals surface area (Å²) in [6.45, 7) is -1.72. The van der Waals surface area contributed by atoms with E-state index in [2.05, 4.69) is 37.2 Å². The number of hydrogen-bond donors (Lipinski definition) is 20. The molecule has 0 bridgehead atoms. The average Bonchev–Trinajstić information content (AvgIpc) is 0.976. The van der Waals surface area contributed by atoms with Crippen molar-refractivity contribution in [1.29, 1.82) is 0 Å². The Morgan fingerprint density at radius 2 is 0.591 bits per heavy atom. The van der Waals surface area contributed by atoms with Crippen LogP contribution in [-0.4, -0.2) is 325 Å². The Balaban J connectivity index is 1.38. The second-order valence-electron chi connectivity index (χ2n) is 22.7. The van der Waals surface area contributed by atoms with E-state index in [1.165, 1.54) is 0 Å². The summed E-state index contributed by atoms with van der Waals surface area (Å²) >= 11 is 0. The smallest absolute Gasteiger partial charge is 0.234 e. The predicted octanol–water partition coefficient (Wildman–Crippen LogP) is -9.15. The molecule has 36 heteroatoms. The SMILES string of the molecule is NCC(=O)NC(COCCC(=O)NCCCNC(=O)CCCCO[C@@H]1O[C@H](CO)[C@H](O)[C@H](O)[C@H]1O)(COCCC(=O)NCCCNC(=O)CCCCO[C@@H]1O[C@H](CO)[C@H](O)[C@H](O)[C@H]1O)COCCC(=O)NCCCNC(=O)CCCCO[C@@H]1O[C@H](CO)[C@H](O)[C@H](O)[C@H]1O. The number of aliphatic hydroxyl groups excluding tert-OH is 12. The Hall–Kier alpha value is -4.59. The molecule has 0 aromatic heterocycles. The highest BCUT2D eigenvalue weighted by molar-refractivity contribution is 5.79. The lowest BCUT2D eigenvalue weighted by molar-refractivity contribution is -0.301. The molecule has 0 unspecified atom stereocenters. The van der Waals surface area contributed by atoms with E-state index in [9.17, 15) is 94.8 Å². The van der Waals surface area contributed by atoms with Gasteiger partial charge in [-0.05, 0) is 57.8 Å². The third kappa shape index (κ3) is 32.3. The maximum absolute atomic E-state index is 12.8. The Morgan fingerprint density at radius 3 is 0.839 bits per heavy atom. The molecule has 3 fully saturated rings. The predicted molar refractivity (Wildman–Crippen MR) is 319 cm³/mol. The van der Waals surface area contributed by atoms with Gasteiger partial charge in [-0.15, -0.1) is 0 Å². The molecule has 0 aromatic carbocycles. The first kappa shape index (κ1) is 82.6. The minimum absolute atomic E-state index is 0.0709. The normalized spacial score (nSPS) is 26.4. The fraction of sp³-hybridized carbons (Fsp3) is 0.877. The van der Waals surface area contributed by atoms with Crippen molar-refractivity contribution in [2.24, 2.45) is 5.73 Å². The summed E-state index contributed by atoms with van der Waals surface area (Å²) in [6, 6.07) is 0. The molecule has 15 atom stereocenters. The van der Waals surface area contributed by atoms with Crippen LogP contribution in [0.1, 0.15) is 96.3 Å². The van der Waals surface area contributed by atoms with Gasteiger partial charge in [-0.25, -0.2) is 0 Å². The molecule has 3 heterocycles. The second-order valence-corrected chi connectivity index (χ2v) is 22.7. The molecule has 0 saturated carbocycles. The van der Waals surface area contributed by atoms with Crippen LogP contribution in [0, 0.1) is 0 Å². The molecule has 93 heavy (non-hydrogen) atoms. The summed E-state index contributed by atoms with van der Waals surface area (Å²) < 4.78 is 49.8. The van der Waals surface area contributed by atoms with Gasteiger partial charge in [0.1, 0.15) is 78.8 Å². The summed E-state index contributed by atoms with van der Waals surface area (Å²) in [7, 11) is 0. The Labute approximate surface area is 539 Å². The largest absolute Gasteiger partial charge is 0.394 e. The third-order valence-electron chi connectivity index (χ3n) is 14.9. The van der Waals surface area contributed by atoms with Gasteiger partial charge in [0.25, 0.3) is 0 Å². The number of rotatable bonds is 50. The summed E-state index contributed by atoms with van der Waals surface area (Å²) in [5.74, 6) is -2.48. The van der Waals surface area contributed by atoms with Gasteiger partial charge in [-0.1, -0.05) is 0 Å². The van der Waals surface area contributed by atoms with Gasteiger partial charge in [0.2, 0.25) is 41.4 Å². The van der Waals surface area contributed by atoms with E-state index < -0.39 is 130 Å². The molecule has 3 aliphatic rings. The summed E-state index contributed by atoms with van der Waals surface area (Å²) in [5, 5.41) is 137. The fourth-order valence-corrected chi connectivity index (χ4v) is 9.42. The number of hydrogen-bond acceptors (Lipinski definition) is 29. The first-order chi connectivity index (χ1) is 44.6. The molecule has 36 nitrogen and oxygen atoms in total. The number of nitrogens with two attached hydrogens (primary N) is 1. The van der Waals surface area contributed by atoms with Crippen molar-refractivity contribution in [2.75, 3.05) is 125 Å². The van der Waals surface area contributed by atoms with E-state index in [0.29, 0.717) is 57.8 Å². The Bertz CT molecular complexity index is 1920. The van der Waals surface area contributed by atoms with Crippen LogP contribution < -0.4 is 43.0 Å². The van der Waals surface area contributed by atoms with E-state index in [-0.39, 0.29) is 173 Å². The molecule has 0 radical (unpaired) electrons. The molecular weight excluding hydrogens is 1240 g/mol. The lowest BCUT2D eigenvalue weighted by Gasteiger charge is -2.39. The molecule has 21 N–H and O–H groups in total. The number of aliphatic hydroxyl groups is 12. The van der Waals surface area contributed by atoms with E-state index in [0.717, 1.165) is 0 Å². The summed E-state index contributed by atoms with van der Waals surface area (Å²) in [4.78, 5) is 88.1. The van der Waals surface area contributed by atoms with Gasteiger partial charge >= 0.3 is 0 Å². The van der Waals surface area contributed by atoms with Gasteiger partial charge in [-0.3, -0.25) is 33.6 Å². The lowest BCUT2D eigenvalue weighted by atomic mass is 9.99. The van der Waals surface area contributed by atoms with Crippen LogP contribution >= 0.6 is 0 Å². The lowest BCUT2D eigenvalue weighted by Crippen LogP contribution is -2.60. The topological polar surface area (TPSA) is 556 Å². The van der Waals surface area contributed by atoms with Crippen LogP contribution in [-0.2, 0) is 76.2 Å². The van der Waals surface area contributed by atoms with Crippen LogP contribution in [0.5, 0.6) is 0 Å². The van der Waals surface area contributed by atoms with Gasteiger partial charge in [0, 0.05) is 97.6 Å². The molecule has 3 aliphatic heterocycles. The molecular formula is C57H104N8O28. The number of amides is 7. The quantitative estimate of drug-likeness (QED) is 0.0252. The molecule has 0 aromatic rings. The van der Waals surface area contributed by atoms with Crippen molar-refractivity contribution >= 4 is 41.4 Å². The van der Waals surface area contributed by atoms with Crippen LogP contribution in [0.3, 0.4) is 0 Å². The van der Waals surface area contributed by atoms with E-state index in [4.69, 9.17) is 48.4 Å². The fourth-order valence-electron chi connectivity index (χ4n) is 9.42. The molecule has 3 saturated heterocycles. The zero-order valence-corrected chi connectivity index (χ0v) is 52.7. The van der Waals surface area contributed by atoms with Crippen LogP contribution in [0.2, 0.25) is 0 Å². The van der Waals surface area contributed by atoms with E-state index in [1.807, 2.05) is 0 Å². The Kier molecular flexibility index (Phi) is 42.1. The molecule has 0 spiro atoms. The molecule has 3 rings (SSSR count). The maximum atomic E-state index is 12.8. The molecule has 540 valence electrons. The van der Waals surface area contributed by atoms with Gasteiger partial charge < -0.3 is 147 Å². The third-order valence-corrected chi connectivity index (χ3v) is 14.9. The minimum atomic E-state index is -1.57. The molecule has 0 aliphatic carbocycles. The highest BCUT2D eigenvalue weighted by atomic mass is 16.7. The van der Waals surface area contributed by atoms with Crippen molar-refractivity contribution in [1.82, 2.24) is 37.2 Å². The number of ether oxygens (including phenoxy) is 9. The maximum Gasteiger partial charge on any atom is 0.234 e. The molecule has 7 amide bonds. The van der Waals surface area contributed by atoms with Crippen molar-refractivity contribution in [3.63, 3.8) is 0 Å². The number of nitrogens with one attached hydrogen (secondary N) is 7. The van der Waals surface area contributed by atoms with Crippen molar-refractivity contribution in [3.05, 3.63) is 0 Å². The van der Waals surface area contributed by atoms with Gasteiger partial charge in [0.05, 0.1) is 66.0 Å². The highest BCUT2D eigenvalue weighted by Crippen LogP contribution is 2.25. The van der Waals surface area contributed by atoms with E-state index >= 15 is 0 Å². The van der Waals surface area contributed by atoms with Crippen molar-refractivity contribution < 1.29 is 137 Å². The average molecular weight is 1350 g/mol. The second kappa shape index (κ2) is 47.3. The van der Waals surface area contributed by atoms with E-state index in [1.54, 1.807) is 0 Å². The van der Waals surface area contributed by atoms with Crippen LogP contribution in [0.25, 0.3) is 0 Å². The monoisotopic (exact) mass is 1350 g/mol. The number of carbonyl (C=O) groups is 7. The van der Waals surface area contributed by atoms with Crippen molar-refractivity contribution in [2.45, 2.75) is 194 Å². The van der Waals surface area contributed by atoms with Crippen LogP contribution in [0.4, 0.5) is 0 Å². The Morgan fingerprint density at radius 1 is 0.333 bits per heavy atom. The summed E-state index contributed by atoms with van der Waals surface area (Å²) in [5.41, 5.74) is 4.24. The highest BCUT2D eigenvalue weighted by Gasteiger charge is 2.46. The van der Waals surface area contributed by atoms with Crippen LogP contribution in [0.15, 0.2) is 0 Å². The first-order valence-electron chi connectivity index (χ1n) is 31.7. The summed E-state index contributed by atoms with van der Waals surface area (Å²) in [6.07, 6.45) is -17.1. The first-order valence-corrected chi connectivity index (χ1v) is 31.7. The minimum Gasteiger partial charge on any atom is -0.394 e. The zero-order valence-electron chi connectivity index (χ0n) is 52.7. The number of carbonyl (C=O) groups excluding carboxylic acids is 7. The number of unbranched alkanes of at least 4 members (excludes halogenated alkanes) is 3. The van der Waals surface area contributed by atoms with Crippen molar-refractivity contribution in [3.8, 4) is 0 Å².